The minimum atomic E-state index is -0.703. The number of carbonyl (C=O) groups is 2. The van der Waals surface area contributed by atoms with Crippen LogP contribution in [0.2, 0.25) is 0 Å². The Bertz CT molecular complexity index is 204. The van der Waals surface area contributed by atoms with Gasteiger partial charge in [0.25, 0.3) is 0 Å². The molecule has 0 fully saturated rings. The minimum absolute atomic E-state index is 0.0141. The maximum atomic E-state index is 11.1. The van der Waals surface area contributed by atoms with Crippen LogP contribution in [0.3, 0.4) is 0 Å². The average Bonchev–Trinajstić information content (AvgIpc) is 2.13. The first-order chi connectivity index (χ1) is 6.47. The van der Waals surface area contributed by atoms with Gasteiger partial charge in [0.2, 0.25) is 0 Å². The van der Waals surface area contributed by atoms with Gasteiger partial charge in [-0.05, 0) is 20.3 Å². The van der Waals surface area contributed by atoms with Crippen molar-refractivity contribution in [2.24, 2.45) is 0 Å². The number of aliphatic hydroxyl groups is 1. The zero-order valence-electron chi connectivity index (χ0n) is 8.83. The molecule has 3 N–H and O–H groups in total. The molecule has 0 saturated carbocycles. The lowest BCUT2D eigenvalue weighted by molar-refractivity contribution is -0.139. The molecule has 0 saturated heterocycles. The molecule has 0 aromatic carbocycles. The number of aliphatic hydroxyl groups excluding tert-OH is 1. The Morgan fingerprint density at radius 3 is 2.29 bits per heavy atom. The van der Waals surface area contributed by atoms with Crippen LogP contribution >= 0.6 is 0 Å². The van der Waals surface area contributed by atoms with Crippen LogP contribution in [0.25, 0.3) is 0 Å². The number of hydrogen-bond donors (Lipinski definition) is 3. The van der Waals surface area contributed by atoms with Crippen molar-refractivity contribution in [3.05, 3.63) is 0 Å². The molecule has 2 amide bonds. The van der Waals surface area contributed by atoms with Crippen LogP contribution in [0, 0.1) is 0 Å². The fourth-order valence-corrected chi connectivity index (χ4v) is 0.712. The first kappa shape index (κ1) is 12.9. The van der Waals surface area contributed by atoms with Gasteiger partial charge < -0.3 is 15.7 Å². The highest BCUT2D eigenvalue weighted by Gasteiger charge is 2.14. The molecule has 0 aromatic heterocycles. The lowest BCUT2D eigenvalue weighted by Gasteiger charge is -2.11. The largest absolute Gasteiger partial charge is 0.392 e. The molecule has 0 radical (unpaired) electrons. The van der Waals surface area contributed by atoms with Crippen LogP contribution in [-0.4, -0.2) is 35.6 Å². The van der Waals surface area contributed by atoms with Crippen LogP contribution in [0.4, 0.5) is 0 Å². The number of amides is 2. The van der Waals surface area contributed by atoms with Gasteiger partial charge in [-0.2, -0.15) is 0 Å². The summed E-state index contributed by atoms with van der Waals surface area (Å²) in [6.45, 7) is 5.36. The molecule has 82 valence electrons. The van der Waals surface area contributed by atoms with E-state index in [1.807, 2.05) is 13.8 Å². The van der Waals surface area contributed by atoms with E-state index in [0.29, 0.717) is 0 Å². The summed E-state index contributed by atoms with van der Waals surface area (Å²) in [7, 11) is 0. The van der Waals surface area contributed by atoms with E-state index in [4.69, 9.17) is 5.11 Å². The molecule has 0 heterocycles. The van der Waals surface area contributed by atoms with Gasteiger partial charge >= 0.3 is 11.8 Å². The summed E-state index contributed by atoms with van der Waals surface area (Å²) in [4.78, 5) is 22.2. The van der Waals surface area contributed by atoms with Gasteiger partial charge in [-0.25, -0.2) is 0 Å². The Morgan fingerprint density at radius 1 is 1.29 bits per heavy atom. The first-order valence-electron chi connectivity index (χ1n) is 4.74. The zero-order chi connectivity index (χ0) is 11.1. The summed E-state index contributed by atoms with van der Waals surface area (Å²) < 4.78 is 0. The second-order valence-electron chi connectivity index (χ2n) is 3.34. The van der Waals surface area contributed by atoms with Gasteiger partial charge in [0.15, 0.2) is 0 Å². The zero-order valence-corrected chi connectivity index (χ0v) is 8.83. The van der Waals surface area contributed by atoms with Gasteiger partial charge in [0.1, 0.15) is 0 Å². The predicted octanol–water partition coefficient (Wildman–Crippen LogP) is -0.602. The van der Waals surface area contributed by atoms with Crippen molar-refractivity contribution in [1.82, 2.24) is 10.6 Å². The van der Waals surface area contributed by atoms with Crippen LogP contribution in [0.1, 0.15) is 27.2 Å². The third kappa shape index (κ3) is 5.53. The molecule has 0 aliphatic carbocycles. The van der Waals surface area contributed by atoms with E-state index in [2.05, 4.69) is 10.6 Å². The number of rotatable bonds is 4. The molecule has 0 unspecified atom stereocenters. The summed E-state index contributed by atoms with van der Waals surface area (Å²) >= 11 is 0. The number of carbonyl (C=O) groups excluding carboxylic acids is 2. The van der Waals surface area contributed by atoms with Gasteiger partial charge in [-0.3, -0.25) is 9.59 Å². The third-order valence-corrected chi connectivity index (χ3v) is 1.75. The highest BCUT2D eigenvalue weighted by molar-refractivity contribution is 6.35. The molecule has 2 atom stereocenters. The fourth-order valence-electron chi connectivity index (χ4n) is 0.712. The minimum Gasteiger partial charge on any atom is -0.392 e. The van der Waals surface area contributed by atoms with E-state index in [1.54, 1.807) is 0 Å². The third-order valence-electron chi connectivity index (χ3n) is 1.75. The van der Waals surface area contributed by atoms with Crippen molar-refractivity contribution >= 4 is 11.8 Å². The van der Waals surface area contributed by atoms with Gasteiger partial charge in [-0.15, -0.1) is 0 Å². The smallest absolute Gasteiger partial charge is 0.309 e. The average molecular weight is 202 g/mol. The number of hydrogen-bond acceptors (Lipinski definition) is 3. The van der Waals surface area contributed by atoms with Gasteiger partial charge in [0, 0.05) is 12.6 Å². The predicted molar refractivity (Wildman–Crippen MR) is 52.6 cm³/mol. The van der Waals surface area contributed by atoms with Gasteiger partial charge in [0.05, 0.1) is 6.10 Å². The van der Waals surface area contributed by atoms with Crippen molar-refractivity contribution < 1.29 is 14.7 Å². The van der Waals surface area contributed by atoms with Crippen LogP contribution in [0.5, 0.6) is 0 Å². The van der Waals surface area contributed by atoms with Crippen molar-refractivity contribution in [3.63, 3.8) is 0 Å². The quantitative estimate of drug-likeness (QED) is 0.533. The molecule has 0 aromatic rings. The van der Waals surface area contributed by atoms with E-state index in [0.717, 1.165) is 6.42 Å². The standard InChI is InChI=1S/C9H18N2O3/c1-4-6(2)11-9(14)8(13)10-5-7(3)12/h6-7,12H,4-5H2,1-3H3,(H,10,13)(H,11,14)/t6-,7-/m0/s1. The lowest BCUT2D eigenvalue weighted by Crippen LogP contribution is -2.45. The summed E-state index contributed by atoms with van der Waals surface area (Å²) in [6.07, 6.45) is 0.130. The van der Waals surface area contributed by atoms with Crippen LogP contribution < -0.4 is 10.6 Å². The summed E-state index contributed by atoms with van der Waals surface area (Å²) in [5, 5.41) is 13.7. The normalized spacial score (nSPS) is 14.3. The Hall–Kier alpha value is -1.10. The van der Waals surface area contributed by atoms with Gasteiger partial charge in [-0.1, -0.05) is 6.92 Å². The molecule has 0 aliphatic heterocycles. The molecule has 14 heavy (non-hydrogen) atoms. The molecule has 5 nitrogen and oxygen atoms in total. The summed E-state index contributed by atoms with van der Waals surface area (Å²) in [5.74, 6) is -1.36. The summed E-state index contributed by atoms with van der Waals surface area (Å²) in [5.41, 5.74) is 0. The SMILES string of the molecule is CC[C@H](C)NC(=O)C(=O)NC[C@H](C)O. The second-order valence-corrected chi connectivity index (χ2v) is 3.34. The van der Waals surface area contributed by atoms with Crippen LogP contribution in [0.15, 0.2) is 0 Å². The lowest BCUT2D eigenvalue weighted by atomic mass is 10.2. The molecule has 0 bridgehead atoms. The molecular formula is C9H18N2O3. The highest BCUT2D eigenvalue weighted by atomic mass is 16.3. The maximum absolute atomic E-state index is 11.1. The monoisotopic (exact) mass is 202 g/mol. The topological polar surface area (TPSA) is 78.4 Å². The highest BCUT2D eigenvalue weighted by Crippen LogP contribution is 1.87. The molecule has 0 spiro atoms. The molecule has 5 heteroatoms. The Labute approximate surface area is 83.9 Å². The van der Waals surface area contributed by atoms with Crippen molar-refractivity contribution in [1.29, 1.82) is 0 Å². The molecule has 0 aliphatic rings. The molecular weight excluding hydrogens is 184 g/mol. The number of nitrogens with one attached hydrogen (secondary N) is 2. The van der Waals surface area contributed by atoms with Crippen LogP contribution in [-0.2, 0) is 9.59 Å². The van der Waals surface area contributed by atoms with Crippen molar-refractivity contribution in [2.75, 3.05) is 6.54 Å². The molecule has 0 rings (SSSR count). The van der Waals surface area contributed by atoms with E-state index >= 15 is 0 Å². The Morgan fingerprint density at radius 2 is 1.86 bits per heavy atom. The Balaban J connectivity index is 3.82. The summed E-state index contributed by atoms with van der Waals surface area (Å²) in [6, 6.07) is -0.0141. The van der Waals surface area contributed by atoms with E-state index in [1.165, 1.54) is 6.92 Å². The van der Waals surface area contributed by atoms with Crippen molar-refractivity contribution in [3.8, 4) is 0 Å². The first-order valence-corrected chi connectivity index (χ1v) is 4.74. The van der Waals surface area contributed by atoms with Crippen molar-refractivity contribution in [2.45, 2.75) is 39.3 Å². The van der Waals surface area contributed by atoms with E-state index in [-0.39, 0.29) is 12.6 Å². The second kappa shape index (κ2) is 6.37. The fraction of sp³-hybridized carbons (Fsp3) is 0.778. The van der Waals surface area contributed by atoms with E-state index in [9.17, 15) is 9.59 Å². The maximum Gasteiger partial charge on any atom is 0.309 e. The Kier molecular flexibility index (Phi) is 5.87. The van der Waals surface area contributed by atoms with E-state index < -0.39 is 17.9 Å².